The van der Waals surface area contributed by atoms with Crippen molar-refractivity contribution in [1.29, 1.82) is 0 Å². The SMILES string of the molecule is COCCS(=O)(=O)NC1CC2CCC(C1)N2. The first kappa shape index (κ1) is 12.3. The molecule has 16 heavy (non-hydrogen) atoms. The van der Waals surface area contributed by atoms with E-state index in [1.54, 1.807) is 0 Å². The summed E-state index contributed by atoms with van der Waals surface area (Å²) >= 11 is 0. The van der Waals surface area contributed by atoms with E-state index in [2.05, 4.69) is 10.0 Å². The lowest BCUT2D eigenvalue weighted by atomic mass is 10.0. The topological polar surface area (TPSA) is 67.4 Å². The summed E-state index contributed by atoms with van der Waals surface area (Å²) in [5.41, 5.74) is 0. The molecule has 0 aromatic rings. The van der Waals surface area contributed by atoms with E-state index in [-0.39, 0.29) is 18.4 Å². The molecule has 2 bridgehead atoms. The van der Waals surface area contributed by atoms with Crippen LogP contribution in [0.4, 0.5) is 0 Å². The minimum absolute atomic E-state index is 0.0583. The summed E-state index contributed by atoms with van der Waals surface area (Å²) in [5.74, 6) is 0.0583. The van der Waals surface area contributed by atoms with Crippen molar-refractivity contribution in [2.24, 2.45) is 0 Å². The molecular formula is C10H20N2O3S. The van der Waals surface area contributed by atoms with Crippen LogP contribution in [0.5, 0.6) is 0 Å². The summed E-state index contributed by atoms with van der Waals surface area (Å²) in [4.78, 5) is 0. The second-order valence-corrected chi connectivity index (χ2v) is 6.61. The highest BCUT2D eigenvalue weighted by molar-refractivity contribution is 7.89. The second-order valence-electron chi connectivity index (χ2n) is 4.74. The second kappa shape index (κ2) is 5.00. The number of nitrogens with one attached hydrogen (secondary N) is 2. The maximum Gasteiger partial charge on any atom is 0.214 e. The van der Waals surface area contributed by atoms with Crippen LogP contribution in [0.2, 0.25) is 0 Å². The molecule has 2 atom stereocenters. The van der Waals surface area contributed by atoms with Gasteiger partial charge in [0.05, 0.1) is 12.4 Å². The maximum absolute atomic E-state index is 11.7. The average Bonchev–Trinajstić information content (AvgIpc) is 2.55. The summed E-state index contributed by atoms with van der Waals surface area (Å²) in [6.45, 7) is 0.257. The lowest BCUT2D eigenvalue weighted by Gasteiger charge is -2.29. The Hall–Kier alpha value is -0.170. The quantitative estimate of drug-likeness (QED) is 0.709. The van der Waals surface area contributed by atoms with Crippen LogP contribution in [0.15, 0.2) is 0 Å². The first-order valence-corrected chi connectivity index (χ1v) is 7.49. The van der Waals surface area contributed by atoms with Gasteiger partial charge in [-0.2, -0.15) is 0 Å². The molecule has 0 aromatic carbocycles. The summed E-state index contributed by atoms with van der Waals surface area (Å²) < 4.78 is 30.9. The third-order valence-electron chi connectivity index (χ3n) is 3.38. The number of hydrogen-bond donors (Lipinski definition) is 2. The normalized spacial score (nSPS) is 34.2. The fraction of sp³-hybridized carbons (Fsp3) is 1.00. The molecule has 0 radical (unpaired) electrons. The Balaban J connectivity index is 1.85. The van der Waals surface area contributed by atoms with Gasteiger partial charge in [-0.1, -0.05) is 0 Å². The number of fused-ring (bicyclic) bond motifs is 2. The van der Waals surface area contributed by atoms with Crippen molar-refractivity contribution in [3.8, 4) is 0 Å². The van der Waals surface area contributed by atoms with Crippen molar-refractivity contribution < 1.29 is 13.2 Å². The van der Waals surface area contributed by atoms with Crippen LogP contribution < -0.4 is 10.0 Å². The van der Waals surface area contributed by atoms with E-state index in [1.807, 2.05) is 0 Å². The number of methoxy groups -OCH3 is 1. The molecule has 0 saturated carbocycles. The smallest absolute Gasteiger partial charge is 0.214 e. The minimum atomic E-state index is -3.17. The zero-order chi connectivity index (χ0) is 11.6. The van der Waals surface area contributed by atoms with E-state index >= 15 is 0 Å². The monoisotopic (exact) mass is 248 g/mol. The number of hydrogen-bond acceptors (Lipinski definition) is 4. The van der Waals surface area contributed by atoms with Gasteiger partial charge >= 0.3 is 0 Å². The van der Waals surface area contributed by atoms with Crippen molar-refractivity contribution in [2.45, 2.75) is 43.8 Å². The highest BCUT2D eigenvalue weighted by Gasteiger charge is 2.34. The molecule has 2 saturated heterocycles. The molecule has 2 unspecified atom stereocenters. The van der Waals surface area contributed by atoms with Crippen LogP contribution in [0.25, 0.3) is 0 Å². The van der Waals surface area contributed by atoms with Gasteiger partial charge in [0.25, 0.3) is 0 Å². The zero-order valence-electron chi connectivity index (χ0n) is 9.61. The third kappa shape index (κ3) is 3.16. The highest BCUT2D eigenvalue weighted by Crippen LogP contribution is 2.27. The molecule has 2 aliphatic heterocycles. The molecule has 0 spiro atoms. The third-order valence-corrected chi connectivity index (χ3v) is 4.77. The predicted octanol–water partition coefficient (Wildman–Crippen LogP) is -0.165. The lowest BCUT2D eigenvalue weighted by molar-refractivity contribution is 0.216. The van der Waals surface area contributed by atoms with Crippen LogP contribution in [0, 0.1) is 0 Å². The van der Waals surface area contributed by atoms with Crippen LogP contribution in [-0.2, 0) is 14.8 Å². The zero-order valence-corrected chi connectivity index (χ0v) is 10.4. The first-order valence-electron chi connectivity index (χ1n) is 5.84. The van der Waals surface area contributed by atoms with Gasteiger partial charge in [-0.05, 0) is 25.7 Å². The molecule has 0 aromatic heterocycles. The molecule has 0 aliphatic carbocycles. The first-order chi connectivity index (χ1) is 7.59. The molecule has 2 heterocycles. The maximum atomic E-state index is 11.7. The predicted molar refractivity (Wildman–Crippen MR) is 61.8 cm³/mol. The Morgan fingerprint density at radius 2 is 1.94 bits per heavy atom. The summed E-state index contributed by atoms with van der Waals surface area (Å²) in [5, 5.41) is 3.49. The average molecular weight is 248 g/mol. The fourth-order valence-electron chi connectivity index (χ4n) is 2.66. The fourth-order valence-corrected chi connectivity index (χ4v) is 3.86. The Morgan fingerprint density at radius 3 is 2.50 bits per heavy atom. The molecule has 6 heteroatoms. The molecule has 2 N–H and O–H groups in total. The van der Waals surface area contributed by atoms with E-state index in [9.17, 15) is 8.42 Å². The van der Waals surface area contributed by atoms with Gasteiger partial charge < -0.3 is 10.1 Å². The summed E-state index contributed by atoms with van der Waals surface area (Å²) in [7, 11) is -1.65. The van der Waals surface area contributed by atoms with Gasteiger partial charge in [-0.25, -0.2) is 13.1 Å². The van der Waals surface area contributed by atoms with Crippen LogP contribution in [0.1, 0.15) is 25.7 Å². The van der Waals surface area contributed by atoms with E-state index in [0.29, 0.717) is 12.1 Å². The van der Waals surface area contributed by atoms with Gasteiger partial charge in [0.2, 0.25) is 10.0 Å². The van der Waals surface area contributed by atoms with Crippen molar-refractivity contribution in [2.75, 3.05) is 19.5 Å². The Morgan fingerprint density at radius 1 is 1.31 bits per heavy atom. The van der Waals surface area contributed by atoms with Crippen molar-refractivity contribution in [1.82, 2.24) is 10.0 Å². The number of ether oxygens (including phenoxy) is 1. The van der Waals surface area contributed by atoms with Crippen LogP contribution >= 0.6 is 0 Å². The van der Waals surface area contributed by atoms with Gasteiger partial charge in [0.1, 0.15) is 0 Å². The number of sulfonamides is 1. The van der Waals surface area contributed by atoms with E-state index in [0.717, 1.165) is 12.8 Å². The lowest BCUT2D eigenvalue weighted by Crippen LogP contribution is -2.48. The number of rotatable bonds is 5. The van der Waals surface area contributed by atoms with Crippen LogP contribution in [0.3, 0.4) is 0 Å². The van der Waals surface area contributed by atoms with E-state index in [4.69, 9.17) is 4.74 Å². The molecule has 0 amide bonds. The Labute approximate surface area is 97.0 Å². The highest BCUT2D eigenvalue weighted by atomic mass is 32.2. The summed E-state index contributed by atoms with van der Waals surface area (Å²) in [6.07, 6.45) is 4.20. The molecule has 2 fully saturated rings. The van der Waals surface area contributed by atoms with Crippen molar-refractivity contribution >= 4 is 10.0 Å². The molecular weight excluding hydrogens is 228 g/mol. The molecule has 94 valence electrons. The van der Waals surface area contributed by atoms with Crippen molar-refractivity contribution in [3.05, 3.63) is 0 Å². The van der Waals surface area contributed by atoms with Gasteiger partial charge in [-0.15, -0.1) is 0 Å². The Kier molecular flexibility index (Phi) is 3.84. The largest absolute Gasteiger partial charge is 0.384 e. The number of piperidine rings is 1. The molecule has 5 nitrogen and oxygen atoms in total. The van der Waals surface area contributed by atoms with Gasteiger partial charge in [0.15, 0.2) is 0 Å². The minimum Gasteiger partial charge on any atom is -0.384 e. The van der Waals surface area contributed by atoms with Gasteiger partial charge in [0, 0.05) is 25.2 Å². The van der Waals surface area contributed by atoms with Gasteiger partial charge in [-0.3, -0.25) is 0 Å². The molecule has 2 aliphatic rings. The van der Waals surface area contributed by atoms with E-state index < -0.39 is 10.0 Å². The summed E-state index contributed by atoms with van der Waals surface area (Å²) in [6, 6.07) is 1.13. The van der Waals surface area contributed by atoms with Crippen molar-refractivity contribution in [3.63, 3.8) is 0 Å². The van der Waals surface area contributed by atoms with Crippen LogP contribution in [-0.4, -0.2) is 46.0 Å². The standard InChI is InChI=1S/C10H20N2O3S/c1-15-4-5-16(13,14)12-10-6-8-2-3-9(7-10)11-8/h8-12H,2-7H2,1H3. The Bertz CT molecular complexity index is 319. The van der Waals surface area contributed by atoms with E-state index in [1.165, 1.54) is 20.0 Å². The molecule has 2 rings (SSSR count).